The van der Waals surface area contributed by atoms with Crippen molar-refractivity contribution in [3.63, 3.8) is 0 Å². The third kappa shape index (κ3) is 2.72. The highest BCUT2D eigenvalue weighted by molar-refractivity contribution is 14.1. The van der Waals surface area contributed by atoms with Gasteiger partial charge in [0.05, 0.1) is 0 Å². The molecule has 0 aromatic heterocycles. The third-order valence-corrected chi connectivity index (χ3v) is 4.93. The summed E-state index contributed by atoms with van der Waals surface area (Å²) in [4.78, 5) is 9.75. The average Bonchev–Trinajstić information content (AvgIpc) is 2.95. The maximum atomic E-state index is 13.6. The van der Waals surface area contributed by atoms with E-state index in [2.05, 4.69) is 0 Å². The number of carboxylic acids is 1. The first-order chi connectivity index (χ1) is 8.68. The number of rotatable bonds is 4. The summed E-state index contributed by atoms with van der Waals surface area (Å²) in [5.74, 6) is -3.86. The Morgan fingerprint density at radius 3 is 2.16 bits per heavy atom. The molecule has 1 aromatic rings. The Morgan fingerprint density at radius 1 is 1.32 bits per heavy atom. The van der Waals surface area contributed by atoms with Crippen molar-refractivity contribution in [1.29, 1.82) is 0 Å². The van der Waals surface area contributed by atoms with Crippen molar-refractivity contribution in [3.05, 3.63) is 27.3 Å². The highest BCUT2D eigenvalue weighted by atomic mass is 127. The molecule has 2 N–H and O–H groups in total. The van der Waals surface area contributed by atoms with Crippen molar-refractivity contribution in [2.24, 2.45) is 0 Å². The van der Waals surface area contributed by atoms with Gasteiger partial charge < -0.3 is 5.11 Å². The molecule has 0 aliphatic heterocycles. The van der Waals surface area contributed by atoms with Crippen molar-refractivity contribution < 1.29 is 27.1 Å². The van der Waals surface area contributed by atoms with Crippen LogP contribution >= 0.6 is 22.6 Å². The lowest BCUT2D eigenvalue weighted by Crippen LogP contribution is -2.43. The predicted octanol–water partition coefficient (Wildman–Crippen LogP) is 1.46. The second-order valence-electron chi connectivity index (χ2n) is 4.19. The molecule has 0 spiro atoms. The highest BCUT2D eigenvalue weighted by Crippen LogP contribution is 2.37. The van der Waals surface area contributed by atoms with Gasteiger partial charge in [0.2, 0.25) is 10.0 Å². The van der Waals surface area contributed by atoms with Gasteiger partial charge in [-0.25, -0.2) is 17.2 Å². The minimum atomic E-state index is -4.56. The van der Waals surface area contributed by atoms with Crippen molar-refractivity contribution >= 4 is 38.6 Å². The zero-order valence-corrected chi connectivity index (χ0v) is 12.3. The quantitative estimate of drug-likeness (QED) is 0.746. The molecule has 1 aromatic carbocycles. The smallest absolute Gasteiger partial charge is 0.324 e. The Morgan fingerprint density at radius 2 is 1.79 bits per heavy atom. The van der Waals surface area contributed by atoms with E-state index in [1.165, 1.54) is 0 Å². The zero-order chi connectivity index (χ0) is 14.4. The molecule has 19 heavy (non-hydrogen) atoms. The summed E-state index contributed by atoms with van der Waals surface area (Å²) in [6.07, 6.45) is 0.185. The van der Waals surface area contributed by atoms with Crippen LogP contribution in [-0.4, -0.2) is 25.0 Å². The molecule has 0 heterocycles. The minimum absolute atomic E-state index is 0.0924. The van der Waals surface area contributed by atoms with Crippen LogP contribution in [0.4, 0.5) is 8.78 Å². The number of sulfonamides is 1. The molecular weight excluding hydrogens is 395 g/mol. The molecule has 1 aliphatic carbocycles. The summed E-state index contributed by atoms with van der Waals surface area (Å²) in [6, 6.07) is 1.72. The van der Waals surface area contributed by atoms with Crippen LogP contribution in [0.1, 0.15) is 12.8 Å². The standard InChI is InChI=1S/C10H8F2INO4S/c11-6-3-5(13)4-7(12)8(6)19(17,18)14-10(1-2-10)9(15)16/h3-4,14H,1-2H2,(H,15,16). The molecule has 0 unspecified atom stereocenters. The van der Waals surface area contributed by atoms with Gasteiger partial charge in [0.25, 0.3) is 0 Å². The fraction of sp³-hybridized carbons (Fsp3) is 0.300. The van der Waals surface area contributed by atoms with Crippen molar-refractivity contribution in [2.45, 2.75) is 23.3 Å². The SMILES string of the molecule is O=C(O)C1(NS(=O)(=O)c2c(F)cc(I)cc2F)CC1. The summed E-state index contributed by atoms with van der Waals surface area (Å²) in [6.45, 7) is 0. The first-order valence-electron chi connectivity index (χ1n) is 5.10. The number of hydrogen-bond acceptors (Lipinski definition) is 3. The van der Waals surface area contributed by atoms with Gasteiger partial charge in [0.1, 0.15) is 17.2 Å². The van der Waals surface area contributed by atoms with Crippen molar-refractivity contribution in [3.8, 4) is 0 Å². The molecule has 0 saturated heterocycles. The normalized spacial score (nSPS) is 17.2. The van der Waals surface area contributed by atoms with Crippen LogP contribution in [0.2, 0.25) is 0 Å². The van der Waals surface area contributed by atoms with E-state index in [0.29, 0.717) is 0 Å². The maximum Gasteiger partial charge on any atom is 0.324 e. The molecule has 1 saturated carbocycles. The summed E-state index contributed by atoms with van der Waals surface area (Å²) < 4.78 is 53.0. The Bertz CT molecular complexity index is 634. The van der Waals surface area contributed by atoms with Gasteiger partial charge in [-0.2, -0.15) is 4.72 Å². The van der Waals surface area contributed by atoms with E-state index in [-0.39, 0.29) is 16.4 Å². The second-order valence-corrected chi connectivity index (χ2v) is 7.06. The molecule has 0 bridgehead atoms. The molecule has 5 nitrogen and oxygen atoms in total. The lowest BCUT2D eigenvalue weighted by atomic mass is 10.3. The predicted molar refractivity (Wildman–Crippen MR) is 69.0 cm³/mol. The molecule has 2 rings (SSSR count). The number of halogens is 3. The van der Waals surface area contributed by atoms with Crippen LogP contribution in [0.15, 0.2) is 17.0 Å². The Balaban J connectivity index is 2.44. The average molecular weight is 403 g/mol. The monoisotopic (exact) mass is 403 g/mol. The fourth-order valence-corrected chi connectivity index (χ4v) is 3.66. The lowest BCUT2D eigenvalue weighted by molar-refractivity contribution is -0.140. The molecule has 0 amide bonds. The second kappa shape index (κ2) is 4.63. The number of carboxylic acid groups (broad SMARTS) is 1. The molecule has 0 atom stereocenters. The first-order valence-corrected chi connectivity index (χ1v) is 7.66. The van der Waals surface area contributed by atoms with Crippen LogP contribution in [0.25, 0.3) is 0 Å². The number of nitrogens with one attached hydrogen (secondary N) is 1. The van der Waals surface area contributed by atoms with Gasteiger partial charge in [-0.15, -0.1) is 0 Å². The molecule has 9 heteroatoms. The number of benzene rings is 1. The van der Waals surface area contributed by atoms with Gasteiger partial charge in [-0.3, -0.25) is 4.79 Å². The van der Waals surface area contributed by atoms with E-state index in [1.54, 1.807) is 22.6 Å². The Labute approximate surface area is 121 Å². The van der Waals surface area contributed by atoms with Gasteiger partial charge in [0, 0.05) is 3.57 Å². The van der Waals surface area contributed by atoms with E-state index in [0.717, 1.165) is 12.1 Å². The topological polar surface area (TPSA) is 83.5 Å². The van der Waals surface area contributed by atoms with Gasteiger partial charge >= 0.3 is 5.97 Å². The van der Waals surface area contributed by atoms with E-state index >= 15 is 0 Å². The fourth-order valence-electron chi connectivity index (χ4n) is 1.58. The zero-order valence-electron chi connectivity index (χ0n) is 9.28. The maximum absolute atomic E-state index is 13.6. The van der Waals surface area contributed by atoms with Crippen LogP contribution < -0.4 is 4.72 Å². The number of hydrogen-bond donors (Lipinski definition) is 2. The van der Waals surface area contributed by atoms with Crippen LogP contribution in [-0.2, 0) is 14.8 Å². The van der Waals surface area contributed by atoms with E-state index in [9.17, 15) is 22.0 Å². The third-order valence-electron chi connectivity index (χ3n) is 2.72. The van der Waals surface area contributed by atoms with Crippen LogP contribution in [0.3, 0.4) is 0 Å². The van der Waals surface area contributed by atoms with Crippen LogP contribution in [0.5, 0.6) is 0 Å². The van der Waals surface area contributed by atoms with E-state index in [1.807, 2.05) is 4.72 Å². The summed E-state index contributed by atoms with van der Waals surface area (Å²) >= 11 is 1.64. The Hall–Kier alpha value is -0.810. The van der Waals surface area contributed by atoms with E-state index < -0.39 is 38.1 Å². The molecule has 1 aliphatic rings. The largest absolute Gasteiger partial charge is 0.480 e. The Kier molecular flexibility index (Phi) is 3.56. The van der Waals surface area contributed by atoms with Crippen LogP contribution in [0, 0.1) is 15.2 Å². The van der Waals surface area contributed by atoms with E-state index in [4.69, 9.17) is 5.11 Å². The van der Waals surface area contributed by atoms with Crippen molar-refractivity contribution in [1.82, 2.24) is 4.72 Å². The summed E-state index contributed by atoms with van der Waals surface area (Å²) in [5, 5.41) is 8.88. The number of carbonyl (C=O) groups is 1. The molecular formula is C10H8F2INO4S. The lowest BCUT2D eigenvalue weighted by Gasteiger charge is -2.14. The molecule has 104 valence electrons. The van der Waals surface area contributed by atoms with Gasteiger partial charge in [-0.1, -0.05) is 0 Å². The van der Waals surface area contributed by atoms with Crippen molar-refractivity contribution in [2.75, 3.05) is 0 Å². The first kappa shape index (κ1) is 14.6. The molecule has 1 fully saturated rings. The number of aliphatic carboxylic acids is 1. The molecule has 0 radical (unpaired) electrons. The summed E-state index contributed by atoms with van der Waals surface area (Å²) in [5.41, 5.74) is -1.64. The van der Waals surface area contributed by atoms with Gasteiger partial charge in [-0.05, 0) is 47.6 Å². The summed E-state index contributed by atoms with van der Waals surface area (Å²) in [7, 11) is -4.56. The van der Waals surface area contributed by atoms with Gasteiger partial charge in [0.15, 0.2) is 4.90 Å². The minimum Gasteiger partial charge on any atom is -0.480 e. The highest BCUT2D eigenvalue weighted by Gasteiger charge is 2.53.